The zero-order valence-electron chi connectivity index (χ0n) is 8.32. The summed E-state index contributed by atoms with van der Waals surface area (Å²) in [5, 5.41) is 0. The Hall–Kier alpha value is -1.36. The number of aromatic nitrogens is 2. The first-order valence-corrected chi connectivity index (χ1v) is 5.14. The van der Waals surface area contributed by atoms with E-state index in [4.69, 9.17) is 0 Å². The number of fused-ring (bicyclic) bond motifs is 1. The Labute approximate surface area is 95.0 Å². The van der Waals surface area contributed by atoms with Gasteiger partial charge in [0.15, 0.2) is 0 Å². The summed E-state index contributed by atoms with van der Waals surface area (Å²) in [6.45, 7) is 1.90. The van der Waals surface area contributed by atoms with Gasteiger partial charge in [-0.15, -0.1) is 0 Å². The molecule has 4 nitrogen and oxygen atoms in total. The molecule has 0 saturated carbocycles. The fourth-order valence-corrected chi connectivity index (χ4v) is 2.18. The number of nitrogens with zero attached hydrogens (tertiary/aromatic N) is 2. The molecule has 0 aliphatic rings. The van der Waals surface area contributed by atoms with Crippen LogP contribution < -0.4 is 0 Å². The lowest BCUT2D eigenvalue weighted by atomic mass is 10.2. The predicted molar refractivity (Wildman–Crippen MR) is 59.0 cm³/mol. The zero-order chi connectivity index (χ0) is 11.0. The maximum atomic E-state index is 11.3. The molecule has 2 rings (SSSR count). The van der Waals surface area contributed by atoms with E-state index in [9.17, 15) is 4.79 Å². The van der Waals surface area contributed by atoms with Crippen molar-refractivity contribution < 1.29 is 9.53 Å². The molecule has 0 aliphatic carbocycles. The van der Waals surface area contributed by atoms with Crippen molar-refractivity contribution in [3.8, 4) is 0 Å². The Morgan fingerprint density at radius 2 is 2.27 bits per heavy atom. The zero-order valence-corrected chi connectivity index (χ0v) is 9.91. The molecule has 2 aromatic heterocycles. The van der Waals surface area contributed by atoms with Crippen LogP contribution in [0.3, 0.4) is 0 Å². The second-order valence-corrected chi connectivity index (χ2v) is 3.94. The van der Waals surface area contributed by atoms with Crippen LogP contribution in [0.25, 0.3) is 5.52 Å². The van der Waals surface area contributed by atoms with Crippen LogP contribution in [0.5, 0.6) is 0 Å². The SMILES string of the molecule is COC(=O)c1cc(Br)n2c(C)ncc2c1. The molecule has 0 radical (unpaired) electrons. The van der Waals surface area contributed by atoms with Crippen LogP contribution in [0.15, 0.2) is 22.9 Å². The number of hydrogen-bond acceptors (Lipinski definition) is 3. The van der Waals surface area contributed by atoms with Crippen molar-refractivity contribution in [1.29, 1.82) is 0 Å². The molecule has 2 aromatic rings. The van der Waals surface area contributed by atoms with E-state index in [2.05, 4.69) is 25.7 Å². The molecule has 15 heavy (non-hydrogen) atoms. The van der Waals surface area contributed by atoms with E-state index in [0.29, 0.717) is 5.56 Å². The number of carbonyl (C=O) groups is 1. The second-order valence-electron chi connectivity index (χ2n) is 3.12. The smallest absolute Gasteiger partial charge is 0.338 e. The Bertz CT molecular complexity index is 533. The van der Waals surface area contributed by atoms with Crippen molar-refractivity contribution in [2.75, 3.05) is 7.11 Å². The van der Waals surface area contributed by atoms with Gasteiger partial charge in [-0.1, -0.05) is 0 Å². The van der Waals surface area contributed by atoms with Gasteiger partial charge in [-0.2, -0.15) is 0 Å². The lowest BCUT2D eigenvalue weighted by Gasteiger charge is -2.04. The van der Waals surface area contributed by atoms with Gasteiger partial charge in [-0.3, -0.25) is 4.40 Å². The maximum Gasteiger partial charge on any atom is 0.338 e. The molecule has 0 N–H and O–H groups in total. The summed E-state index contributed by atoms with van der Waals surface area (Å²) in [5.74, 6) is 0.519. The molecule has 0 atom stereocenters. The lowest BCUT2D eigenvalue weighted by Crippen LogP contribution is -2.03. The predicted octanol–water partition coefficient (Wildman–Crippen LogP) is 2.19. The monoisotopic (exact) mass is 268 g/mol. The van der Waals surface area contributed by atoms with Crippen LogP contribution in [0.1, 0.15) is 16.2 Å². The van der Waals surface area contributed by atoms with E-state index in [1.54, 1.807) is 18.3 Å². The minimum absolute atomic E-state index is 0.350. The third-order valence-electron chi connectivity index (χ3n) is 2.18. The van der Waals surface area contributed by atoms with Crippen molar-refractivity contribution >= 4 is 27.4 Å². The summed E-state index contributed by atoms with van der Waals surface area (Å²) < 4.78 is 7.35. The molecule has 0 saturated heterocycles. The molecule has 2 heterocycles. The molecule has 0 bridgehead atoms. The standard InChI is InChI=1S/C10H9BrN2O2/c1-6-12-5-8-3-7(10(14)15-2)4-9(11)13(6)8/h3-5H,1-2H3. The number of methoxy groups -OCH3 is 1. The highest BCUT2D eigenvalue weighted by atomic mass is 79.9. The highest BCUT2D eigenvalue weighted by molar-refractivity contribution is 9.10. The average molecular weight is 269 g/mol. The largest absolute Gasteiger partial charge is 0.465 e. The number of ether oxygens (including phenoxy) is 1. The van der Waals surface area contributed by atoms with E-state index in [0.717, 1.165) is 15.9 Å². The first-order chi connectivity index (χ1) is 7.13. The number of rotatable bonds is 1. The Kier molecular flexibility index (Phi) is 2.48. The Morgan fingerprint density at radius 3 is 2.93 bits per heavy atom. The lowest BCUT2D eigenvalue weighted by molar-refractivity contribution is 0.0600. The van der Waals surface area contributed by atoms with Crippen LogP contribution in [0.4, 0.5) is 0 Å². The summed E-state index contributed by atoms with van der Waals surface area (Å²) in [4.78, 5) is 15.5. The molecule has 5 heteroatoms. The molecular formula is C10H9BrN2O2. The van der Waals surface area contributed by atoms with E-state index >= 15 is 0 Å². The van der Waals surface area contributed by atoms with Crippen molar-refractivity contribution in [2.24, 2.45) is 0 Å². The number of pyridine rings is 1. The normalized spacial score (nSPS) is 10.6. The maximum absolute atomic E-state index is 11.3. The van der Waals surface area contributed by atoms with E-state index in [1.807, 2.05) is 11.3 Å². The van der Waals surface area contributed by atoms with Crippen molar-refractivity contribution in [3.63, 3.8) is 0 Å². The van der Waals surface area contributed by atoms with E-state index in [-0.39, 0.29) is 5.97 Å². The summed E-state index contributed by atoms with van der Waals surface area (Å²) >= 11 is 3.39. The fraction of sp³-hybridized carbons (Fsp3) is 0.200. The quantitative estimate of drug-likeness (QED) is 0.588. The van der Waals surface area contributed by atoms with Gasteiger partial charge in [0, 0.05) is 0 Å². The fourth-order valence-electron chi connectivity index (χ4n) is 1.47. The van der Waals surface area contributed by atoms with E-state index in [1.165, 1.54) is 7.11 Å². The number of aryl methyl sites for hydroxylation is 1. The van der Waals surface area contributed by atoms with Gasteiger partial charge in [0.05, 0.1) is 29.0 Å². The van der Waals surface area contributed by atoms with Gasteiger partial charge in [-0.05, 0) is 35.0 Å². The highest BCUT2D eigenvalue weighted by Crippen LogP contribution is 2.19. The molecule has 0 fully saturated rings. The van der Waals surface area contributed by atoms with Gasteiger partial charge in [0.1, 0.15) is 5.82 Å². The first-order valence-electron chi connectivity index (χ1n) is 4.35. The summed E-state index contributed by atoms with van der Waals surface area (Å²) in [5.41, 5.74) is 1.37. The molecule has 0 aromatic carbocycles. The molecule has 0 aliphatic heterocycles. The summed E-state index contributed by atoms with van der Waals surface area (Å²) in [6.07, 6.45) is 1.71. The van der Waals surface area contributed by atoms with Crippen LogP contribution in [0.2, 0.25) is 0 Å². The van der Waals surface area contributed by atoms with Crippen LogP contribution >= 0.6 is 15.9 Å². The van der Waals surface area contributed by atoms with Crippen LogP contribution in [-0.4, -0.2) is 22.5 Å². The minimum Gasteiger partial charge on any atom is -0.465 e. The molecule has 0 amide bonds. The Balaban J connectivity index is 2.68. The number of halogens is 1. The first kappa shape index (κ1) is 10.2. The van der Waals surface area contributed by atoms with Gasteiger partial charge in [0.25, 0.3) is 0 Å². The molecule has 0 spiro atoms. The molecule has 78 valence electrons. The van der Waals surface area contributed by atoms with Crippen molar-refractivity contribution in [1.82, 2.24) is 9.38 Å². The van der Waals surface area contributed by atoms with Crippen LogP contribution in [-0.2, 0) is 4.74 Å². The van der Waals surface area contributed by atoms with Crippen LogP contribution in [0, 0.1) is 6.92 Å². The highest BCUT2D eigenvalue weighted by Gasteiger charge is 2.10. The van der Waals surface area contributed by atoms with Gasteiger partial charge in [-0.25, -0.2) is 9.78 Å². The third-order valence-corrected chi connectivity index (χ3v) is 2.76. The third kappa shape index (κ3) is 1.63. The number of carbonyl (C=O) groups excluding carboxylic acids is 1. The van der Waals surface area contributed by atoms with Gasteiger partial charge >= 0.3 is 5.97 Å². The van der Waals surface area contributed by atoms with E-state index < -0.39 is 0 Å². The number of imidazole rings is 1. The summed E-state index contributed by atoms with van der Waals surface area (Å²) in [7, 11) is 1.36. The van der Waals surface area contributed by atoms with Gasteiger partial charge in [0.2, 0.25) is 0 Å². The topological polar surface area (TPSA) is 43.6 Å². The summed E-state index contributed by atoms with van der Waals surface area (Å²) in [6, 6.07) is 3.46. The number of esters is 1. The van der Waals surface area contributed by atoms with Crippen molar-refractivity contribution in [3.05, 3.63) is 34.3 Å². The molecular weight excluding hydrogens is 260 g/mol. The molecule has 0 unspecified atom stereocenters. The minimum atomic E-state index is -0.350. The Morgan fingerprint density at radius 1 is 1.53 bits per heavy atom. The average Bonchev–Trinajstić information content (AvgIpc) is 2.59. The second kappa shape index (κ2) is 3.66. The van der Waals surface area contributed by atoms with Gasteiger partial charge < -0.3 is 4.74 Å². The van der Waals surface area contributed by atoms with Crippen molar-refractivity contribution in [2.45, 2.75) is 6.92 Å². The number of hydrogen-bond donors (Lipinski definition) is 0.